The lowest BCUT2D eigenvalue weighted by Crippen LogP contribution is -2.50. The third kappa shape index (κ3) is 4.01. The molecule has 0 saturated carbocycles. The fourth-order valence-corrected chi connectivity index (χ4v) is 5.05. The monoisotopic (exact) mass is 390 g/mol. The molecule has 1 amide bonds. The van der Waals surface area contributed by atoms with Gasteiger partial charge in [-0.3, -0.25) is 4.79 Å². The predicted molar refractivity (Wildman–Crippen MR) is 93.5 cm³/mol. The fourth-order valence-electron chi connectivity index (χ4n) is 2.88. The minimum atomic E-state index is -4.00. The van der Waals surface area contributed by atoms with E-state index >= 15 is 0 Å². The van der Waals surface area contributed by atoms with Crippen LogP contribution in [0, 0.1) is 13.8 Å². The maximum absolute atomic E-state index is 12.9. The summed E-state index contributed by atoms with van der Waals surface area (Å²) in [6.45, 7) is 3.73. The molecule has 0 radical (unpaired) electrons. The number of hydrogen-bond acceptors (Lipinski definition) is 6. The van der Waals surface area contributed by atoms with Gasteiger partial charge in [0.1, 0.15) is 22.0 Å². The van der Waals surface area contributed by atoms with Gasteiger partial charge in [0.05, 0.1) is 0 Å². The van der Waals surface area contributed by atoms with Gasteiger partial charge in [-0.2, -0.15) is 16.1 Å². The molecular weight excluding hydrogens is 368 g/mol. The van der Waals surface area contributed by atoms with E-state index < -0.39 is 16.0 Å². The third-order valence-electron chi connectivity index (χ3n) is 4.13. The lowest BCUT2D eigenvalue weighted by Gasteiger charge is -2.34. The second-order valence-corrected chi connectivity index (χ2v) is 8.61. The molecular formula is C15H22N2O6S2. The van der Waals surface area contributed by atoms with Crippen molar-refractivity contribution in [3.63, 3.8) is 0 Å². The van der Waals surface area contributed by atoms with Crippen LogP contribution in [0.15, 0.2) is 9.31 Å². The number of sulfonamides is 1. The van der Waals surface area contributed by atoms with E-state index in [0.29, 0.717) is 19.5 Å². The Morgan fingerprint density at radius 1 is 1.16 bits per heavy atom. The molecule has 140 valence electrons. The molecule has 0 spiro atoms. The molecule has 0 bridgehead atoms. The summed E-state index contributed by atoms with van der Waals surface area (Å²) < 4.78 is 32.2. The first-order chi connectivity index (χ1) is 11.7. The molecule has 0 aromatic carbocycles. The molecule has 2 rings (SSSR count). The van der Waals surface area contributed by atoms with Crippen molar-refractivity contribution < 1.29 is 27.5 Å². The molecule has 1 aromatic heterocycles. The highest BCUT2D eigenvalue weighted by molar-refractivity contribution is 7.98. The first-order valence-corrected chi connectivity index (χ1v) is 10.6. The van der Waals surface area contributed by atoms with Crippen LogP contribution in [0.5, 0.6) is 0 Å². The number of rotatable bonds is 6. The summed E-state index contributed by atoms with van der Waals surface area (Å²) in [5.74, 6) is -0.470. The number of piperazine rings is 1. The summed E-state index contributed by atoms with van der Waals surface area (Å²) in [5.41, 5.74) is -0.323. The van der Waals surface area contributed by atoms with E-state index in [1.54, 1.807) is 16.7 Å². The van der Waals surface area contributed by atoms with Crippen molar-refractivity contribution in [2.24, 2.45) is 0 Å². The van der Waals surface area contributed by atoms with Crippen molar-refractivity contribution in [3.05, 3.63) is 17.1 Å². The zero-order valence-corrected chi connectivity index (χ0v) is 16.1. The number of nitrogens with zero attached hydrogens (tertiary/aromatic N) is 2. The Labute approximate surface area is 151 Å². The van der Waals surface area contributed by atoms with Crippen LogP contribution in [-0.4, -0.2) is 72.8 Å². The number of carboxylic acids is 1. The lowest BCUT2D eigenvalue weighted by molar-refractivity contribution is -0.131. The van der Waals surface area contributed by atoms with Gasteiger partial charge < -0.3 is 14.4 Å². The number of furan rings is 1. The average molecular weight is 390 g/mol. The number of hydrogen-bond donors (Lipinski definition) is 1. The molecule has 10 heteroatoms. The van der Waals surface area contributed by atoms with Crippen molar-refractivity contribution in [3.8, 4) is 0 Å². The first kappa shape index (κ1) is 19.8. The number of carbonyl (C=O) groups excluding carboxylic acids is 1. The Morgan fingerprint density at radius 3 is 2.28 bits per heavy atom. The number of aromatic carboxylic acids is 1. The molecule has 2 heterocycles. The zero-order chi connectivity index (χ0) is 18.8. The fraction of sp³-hybridized carbons (Fsp3) is 0.600. The Bertz CT molecular complexity index is 763. The lowest BCUT2D eigenvalue weighted by atomic mass is 10.2. The molecule has 0 atom stereocenters. The van der Waals surface area contributed by atoms with Crippen molar-refractivity contribution in [1.29, 1.82) is 0 Å². The zero-order valence-electron chi connectivity index (χ0n) is 14.4. The molecule has 1 aromatic rings. The Morgan fingerprint density at radius 2 is 1.76 bits per heavy atom. The largest absolute Gasteiger partial charge is 0.478 e. The average Bonchev–Trinajstić information content (AvgIpc) is 2.87. The van der Waals surface area contributed by atoms with Crippen LogP contribution in [0.3, 0.4) is 0 Å². The Hall–Kier alpha value is -1.52. The van der Waals surface area contributed by atoms with E-state index in [0.717, 1.165) is 5.75 Å². The van der Waals surface area contributed by atoms with Crippen LogP contribution in [0.4, 0.5) is 0 Å². The van der Waals surface area contributed by atoms with Crippen molar-refractivity contribution in [1.82, 2.24) is 9.21 Å². The number of carbonyl (C=O) groups is 2. The predicted octanol–water partition coefficient (Wildman–Crippen LogP) is 1.18. The Kier molecular flexibility index (Phi) is 6.17. The van der Waals surface area contributed by atoms with Gasteiger partial charge in [0.25, 0.3) is 0 Å². The van der Waals surface area contributed by atoms with E-state index in [1.165, 1.54) is 18.2 Å². The second-order valence-electron chi connectivity index (χ2n) is 5.75. The molecule has 1 saturated heterocycles. The molecule has 1 fully saturated rings. The van der Waals surface area contributed by atoms with Gasteiger partial charge in [-0.1, -0.05) is 0 Å². The summed E-state index contributed by atoms with van der Waals surface area (Å²) >= 11 is 1.58. The second kappa shape index (κ2) is 7.79. The van der Waals surface area contributed by atoms with Crippen molar-refractivity contribution in [2.45, 2.75) is 25.2 Å². The summed E-state index contributed by atoms with van der Waals surface area (Å²) in [4.78, 5) is 24.8. The standard InChI is InChI=1S/C15H22N2O6S2/c1-10-13(15(19)20)14(11(2)23-10)25(21,22)17-7-5-16(6-8-17)12(18)4-9-24-3/h4-9H2,1-3H3,(H,19,20). The highest BCUT2D eigenvalue weighted by Crippen LogP contribution is 2.29. The quantitative estimate of drug-likeness (QED) is 0.777. The van der Waals surface area contributed by atoms with E-state index in [-0.39, 0.29) is 41.0 Å². The Balaban J connectivity index is 2.18. The van der Waals surface area contributed by atoms with E-state index in [2.05, 4.69) is 0 Å². The van der Waals surface area contributed by atoms with Crippen LogP contribution < -0.4 is 0 Å². The third-order valence-corrected chi connectivity index (χ3v) is 6.79. The molecule has 1 aliphatic heterocycles. The number of aryl methyl sites for hydroxylation is 2. The highest BCUT2D eigenvalue weighted by Gasteiger charge is 2.37. The SMILES string of the molecule is CSCCC(=O)N1CCN(S(=O)(=O)c2c(C)oc(C)c2C(=O)O)CC1. The summed E-state index contributed by atoms with van der Waals surface area (Å²) in [6.07, 6.45) is 2.35. The molecule has 1 N–H and O–H groups in total. The van der Waals surface area contributed by atoms with Gasteiger partial charge in [-0.05, 0) is 20.1 Å². The summed E-state index contributed by atoms with van der Waals surface area (Å²) in [6, 6.07) is 0. The summed E-state index contributed by atoms with van der Waals surface area (Å²) in [5, 5.41) is 9.32. The van der Waals surface area contributed by atoms with Gasteiger partial charge in [-0.15, -0.1) is 0 Å². The van der Waals surface area contributed by atoms with E-state index in [9.17, 15) is 23.1 Å². The van der Waals surface area contributed by atoms with Crippen LogP contribution in [0.25, 0.3) is 0 Å². The van der Waals surface area contributed by atoms with Crippen molar-refractivity contribution >= 4 is 33.7 Å². The van der Waals surface area contributed by atoms with Gasteiger partial charge in [-0.25, -0.2) is 13.2 Å². The maximum atomic E-state index is 12.9. The molecule has 0 unspecified atom stereocenters. The number of amides is 1. The van der Waals surface area contributed by atoms with Crippen molar-refractivity contribution in [2.75, 3.05) is 38.2 Å². The smallest absolute Gasteiger partial charge is 0.340 e. The van der Waals surface area contributed by atoms with Gasteiger partial charge in [0.2, 0.25) is 15.9 Å². The van der Waals surface area contributed by atoms with Crippen LogP contribution in [0.2, 0.25) is 0 Å². The van der Waals surface area contributed by atoms with Crippen LogP contribution in [0.1, 0.15) is 28.3 Å². The number of carboxylic acid groups (broad SMARTS) is 1. The normalized spacial score (nSPS) is 16.2. The van der Waals surface area contributed by atoms with Gasteiger partial charge >= 0.3 is 5.97 Å². The molecule has 0 aliphatic carbocycles. The maximum Gasteiger partial charge on any atom is 0.340 e. The summed E-state index contributed by atoms with van der Waals surface area (Å²) in [7, 11) is -4.00. The van der Waals surface area contributed by atoms with Gasteiger partial charge in [0, 0.05) is 38.4 Å². The highest BCUT2D eigenvalue weighted by atomic mass is 32.2. The molecule has 1 aliphatic rings. The van der Waals surface area contributed by atoms with Crippen LogP contribution in [-0.2, 0) is 14.8 Å². The topological polar surface area (TPSA) is 108 Å². The molecule has 25 heavy (non-hydrogen) atoms. The minimum absolute atomic E-state index is 0.00737. The number of thioether (sulfide) groups is 1. The minimum Gasteiger partial charge on any atom is -0.478 e. The van der Waals surface area contributed by atoms with Gasteiger partial charge in [0.15, 0.2) is 0 Å². The van der Waals surface area contributed by atoms with Crippen LogP contribution >= 0.6 is 11.8 Å². The first-order valence-electron chi connectivity index (χ1n) is 7.80. The molecule has 8 nitrogen and oxygen atoms in total. The van der Waals surface area contributed by atoms with E-state index in [1.807, 2.05) is 6.26 Å². The van der Waals surface area contributed by atoms with E-state index in [4.69, 9.17) is 4.42 Å².